The molecule has 2 N–H and O–H groups in total. The molecule has 0 amide bonds. The predicted molar refractivity (Wildman–Crippen MR) is 96.2 cm³/mol. The lowest BCUT2D eigenvalue weighted by atomic mass is 10.2. The summed E-state index contributed by atoms with van der Waals surface area (Å²) in [5.41, 5.74) is 0.0928. The van der Waals surface area contributed by atoms with E-state index in [-0.39, 0.29) is 6.54 Å². The molecule has 0 aliphatic carbocycles. The second-order valence-corrected chi connectivity index (χ2v) is 6.68. The van der Waals surface area contributed by atoms with E-state index in [1.807, 2.05) is 18.2 Å². The van der Waals surface area contributed by atoms with Gasteiger partial charge >= 0.3 is 6.18 Å². The van der Waals surface area contributed by atoms with Gasteiger partial charge in [0.15, 0.2) is 23.2 Å². The van der Waals surface area contributed by atoms with E-state index in [4.69, 9.17) is 9.47 Å². The van der Waals surface area contributed by atoms with Crippen molar-refractivity contribution in [2.24, 2.45) is 4.99 Å². The van der Waals surface area contributed by atoms with Crippen LogP contribution in [-0.2, 0) is 19.3 Å². The fourth-order valence-corrected chi connectivity index (χ4v) is 3.15. The number of benzene rings is 1. The average Bonchev–Trinajstić information content (AvgIpc) is 3.00. The Hall–Kier alpha value is -2.49. The van der Waals surface area contributed by atoms with Crippen LogP contribution in [0.25, 0.3) is 0 Å². The minimum absolute atomic E-state index is 0.154. The molecule has 3 rings (SSSR count). The maximum atomic E-state index is 12.6. The van der Waals surface area contributed by atoms with Crippen molar-refractivity contribution in [3.8, 4) is 11.5 Å². The first kappa shape index (κ1) is 19.3. The number of aliphatic imine (C=N–C) groups is 1. The monoisotopic (exact) mass is 400 g/mol. The first-order valence-corrected chi connectivity index (χ1v) is 9.18. The van der Waals surface area contributed by atoms with E-state index in [1.165, 1.54) is 0 Å². The van der Waals surface area contributed by atoms with Crippen LogP contribution in [0, 0.1) is 0 Å². The van der Waals surface area contributed by atoms with Crippen LogP contribution in [0.1, 0.15) is 22.7 Å². The highest BCUT2D eigenvalue weighted by Gasteiger charge is 2.33. The zero-order valence-electron chi connectivity index (χ0n) is 14.6. The van der Waals surface area contributed by atoms with Gasteiger partial charge in [0.1, 0.15) is 5.01 Å². The van der Waals surface area contributed by atoms with E-state index in [1.54, 1.807) is 7.05 Å². The number of hydrogen-bond donors (Lipinski definition) is 2. The van der Waals surface area contributed by atoms with Gasteiger partial charge in [0.2, 0.25) is 0 Å². The fourth-order valence-electron chi connectivity index (χ4n) is 2.41. The molecular formula is C17H19F3N4O2S. The minimum atomic E-state index is -4.42. The number of nitrogens with zero attached hydrogens (tertiary/aromatic N) is 2. The van der Waals surface area contributed by atoms with Gasteiger partial charge in [-0.1, -0.05) is 6.07 Å². The average molecular weight is 400 g/mol. The van der Waals surface area contributed by atoms with Crippen molar-refractivity contribution in [1.29, 1.82) is 0 Å². The number of guanidine groups is 1. The standard InChI is InChI=1S/C17H19F3N4O2S/c1-21-16(23-9-15-24-14(10-27-15)17(18,19)20)22-8-11-3-4-12-13(7-11)26-6-2-5-25-12/h3-4,7,10H,2,5-6,8-9H2,1H3,(H2,21,22,23). The summed E-state index contributed by atoms with van der Waals surface area (Å²) in [6.45, 7) is 1.87. The second kappa shape index (κ2) is 8.47. The van der Waals surface area contributed by atoms with Gasteiger partial charge in [-0.05, 0) is 17.7 Å². The molecule has 1 aromatic carbocycles. The smallest absolute Gasteiger partial charge is 0.434 e. The molecular weight excluding hydrogens is 381 g/mol. The largest absolute Gasteiger partial charge is 0.490 e. The number of aromatic nitrogens is 1. The van der Waals surface area contributed by atoms with Gasteiger partial charge in [0.25, 0.3) is 0 Å². The third-order valence-electron chi connectivity index (χ3n) is 3.74. The molecule has 0 saturated carbocycles. The number of alkyl halides is 3. The van der Waals surface area contributed by atoms with Crippen molar-refractivity contribution in [1.82, 2.24) is 15.6 Å². The van der Waals surface area contributed by atoms with E-state index in [0.29, 0.717) is 36.5 Å². The molecule has 27 heavy (non-hydrogen) atoms. The molecule has 146 valence electrons. The predicted octanol–water partition coefficient (Wildman–Crippen LogP) is 3.19. The van der Waals surface area contributed by atoms with E-state index in [0.717, 1.165) is 34.5 Å². The minimum Gasteiger partial charge on any atom is -0.490 e. The fraction of sp³-hybridized carbons (Fsp3) is 0.412. The Kier molecular flexibility index (Phi) is 6.04. The van der Waals surface area contributed by atoms with Crippen LogP contribution < -0.4 is 20.1 Å². The molecule has 10 heteroatoms. The summed E-state index contributed by atoms with van der Waals surface area (Å²) in [4.78, 5) is 7.65. The molecule has 2 aromatic rings. The number of thiazole rings is 1. The number of halogens is 3. The van der Waals surface area contributed by atoms with Crippen molar-refractivity contribution in [2.45, 2.75) is 25.7 Å². The SMILES string of the molecule is CN=C(NCc1ccc2c(c1)OCCCO2)NCc1nc(C(F)(F)F)cs1. The maximum absolute atomic E-state index is 12.6. The number of nitrogens with one attached hydrogen (secondary N) is 2. The van der Waals surface area contributed by atoms with Gasteiger partial charge in [-0.2, -0.15) is 13.2 Å². The van der Waals surface area contributed by atoms with Crippen molar-refractivity contribution >= 4 is 17.3 Å². The summed E-state index contributed by atoms with van der Waals surface area (Å²) < 4.78 is 49.0. The molecule has 0 unspecified atom stereocenters. The summed E-state index contributed by atoms with van der Waals surface area (Å²) in [6.07, 6.45) is -3.59. The molecule has 0 spiro atoms. The molecule has 0 fully saturated rings. The van der Waals surface area contributed by atoms with Crippen LogP contribution in [-0.4, -0.2) is 31.2 Å². The molecule has 6 nitrogen and oxygen atoms in total. The Morgan fingerprint density at radius 3 is 2.63 bits per heavy atom. The van der Waals surface area contributed by atoms with Gasteiger partial charge < -0.3 is 20.1 Å². The van der Waals surface area contributed by atoms with Crippen LogP contribution in [0.4, 0.5) is 13.2 Å². The van der Waals surface area contributed by atoms with E-state index < -0.39 is 11.9 Å². The lowest BCUT2D eigenvalue weighted by Gasteiger charge is -2.13. The highest BCUT2D eigenvalue weighted by atomic mass is 32.1. The van der Waals surface area contributed by atoms with Gasteiger partial charge in [0, 0.05) is 25.4 Å². The summed E-state index contributed by atoms with van der Waals surface area (Å²) in [5.74, 6) is 1.89. The van der Waals surface area contributed by atoms with Gasteiger partial charge in [-0.3, -0.25) is 4.99 Å². The van der Waals surface area contributed by atoms with Crippen molar-refractivity contribution in [3.63, 3.8) is 0 Å². The Bertz CT molecular complexity index is 808. The maximum Gasteiger partial charge on any atom is 0.434 e. The Labute approximate surface area is 158 Å². The molecule has 0 bridgehead atoms. The Balaban J connectivity index is 1.53. The van der Waals surface area contributed by atoms with E-state index in [2.05, 4.69) is 20.6 Å². The van der Waals surface area contributed by atoms with Crippen molar-refractivity contribution < 1.29 is 22.6 Å². The van der Waals surface area contributed by atoms with Crippen LogP contribution in [0.2, 0.25) is 0 Å². The molecule has 1 aromatic heterocycles. The first-order chi connectivity index (χ1) is 13.0. The van der Waals surface area contributed by atoms with Crippen LogP contribution in [0.5, 0.6) is 11.5 Å². The third-order valence-corrected chi connectivity index (χ3v) is 4.59. The van der Waals surface area contributed by atoms with Crippen molar-refractivity contribution in [2.75, 3.05) is 20.3 Å². The van der Waals surface area contributed by atoms with E-state index >= 15 is 0 Å². The van der Waals surface area contributed by atoms with E-state index in [9.17, 15) is 13.2 Å². The Morgan fingerprint density at radius 1 is 1.19 bits per heavy atom. The lowest BCUT2D eigenvalue weighted by molar-refractivity contribution is -0.140. The van der Waals surface area contributed by atoms with Gasteiger partial charge in [0.05, 0.1) is 19.8 Å². The summed E-state index contributed by atoms with van der Waals surface area (Å²) >= 11 is 0.954. The Morgan fingerprint density at radius 2 is 1.93 bits per heavy atom. The zero-order valence-corrected chi connectivity index (χ0v) is 15.4. The van der Waals surface area contributed by atoms with Crippen LogP contribution in [0.3, 0.4) is 0 Å². The highest BCUT2D eigenvalue weighted by molar-refractivity contribution is 7.09. The second-order valence-electron chi connectivity index (χ2n) is 5.74. The summed E-state index contributed by atoms with van der Waals surface area (Å²) in [5, 5.41) is 7.41. The molecule has 0 saturated heterocycles. The number of hydrogen-bond acceptors (Lipinski definition) is 5. The summed E-state index contributed by atoms with van der Waals surface area (Å²) in [7, 11) is 1.59. The van der Waals surface area contributed by atoms with Crippen LogP contribution in [0.15, 0.2) is 28.6 Å². The van der Waals surface area contributed by atoms with Gasteiger partial charge in [-0.15, -0.1) is 11.3 Å². The quantitative estimate of drug-likeness (QED) is 0.610. The lowest BCUT2D eigenvalue weighted by Crippen LogP contribution is -2.36. The van der Waals surface area contributed by atoms with Crippen LogP contribution >= 0.6 is 11.3 Å². The summed E-state index contributed by atoms with van der Waals surface area (Å²) in [6, 6.07) is 5.68. The topological polar surface area (TPSA) is 67.8 Å². The van der Waals surface area contributed by atoms with Gasteiger partial charge in [-0.25, -0.2) is 4.98 Å². The third kappa shape index (κ3) is 5.25. The highest BCUT2D eigenvalue weighted by Crippen LogP contribution is 2.31. The molecule has 0 radical (unpaired) electrons. The zero-order chi connectivity index (χ0) is 19.3. The molecule has 1 aliphatic heterocycles. The number of fused-ring (bicyclic) bond motifs is 1. The first-order valence-electron chi connectivity index (χ1n) is 8.30. The number of rotatable bonds is 4. The van der Waals surface area contributed by atoms with Crippen molar-refractivity contribution in [3.05, 3.63) is 39.8 Å². The molecule has 0 atom stereocenters. The molecule has 2 heterocycles. The normalized spacial score (nSPS) is 14.6. The number of ether oxygens (including phenoxy) is 2. The molecule has 1 aliphatic rings.